The Balaban J connectivity index is 1.64. The van der Waals surface area contributed by atoms with Gasteiger partial charge in [-0.25, -0.2) is 21.1 Å². The van der Waals surface area contributed by atoms with Crippen LogP contribution in [-0.4, -0.2) is 63.0 Å². The van der Waals surface area contributed by atoms with E-state index in [0.29, 0.717) is 57.5 Å². The fourth-order valence-corrected chi connectivity index (χ4v) is 6.28. The highest BCUT2D eigenvalue weighted by Gasteiger charge is 2.30. The van der Waals surface area contributed by atoms with E-state index in [2.05, 4.69) is 5.32 Å². The summed E-state index contributed by atoms with van der Waals surface area (Å²) in [6.07, 6.45) is 3.42. The van der Waals surface area contributed by atoms with Crippen molar-refractivity contribution in [2.24, 2.45) is 5.92 Å². The van der Waals surface area contributed by atoms with Gasteiger partial charge in [-0.1, -0.05) is 13.0 Å². The molecule has 2 heterocycles. The zero-order chi connectivity index (χ0) is 21.2. The third kappa shape index (κ3) is 5.36. The zero-order valence-corrected chi connectivity index (χ0v) is 18.6. The first kappa shape index (κ1) is 22.2. The van der Waals surface area contributed by atoms with E-state index in [-0.39, 0.29) is 17.6 Å². The topological polar surface area (TPSA) is 104 Å². The Morgan fingerprint density at radius 1 is 1.07 bits per heavy atom. The van der Waals surface area contributed by atoms with Gasteiger partial charge in [0.15, 0.2) is 0 Å². The van der Waals surface area contributed by atoms with Gasteiger partial charge in [0.05, 0.1) is 12.0 Å². The van der Waals surface area contributed by atoms with Gasteiger partial charge in [-0.05, 0) is 48.9 Å². The summed E-state index contributed by atoms with van der Waals surface area (Å²) in [7, 11) is -6.47. The fraction of sp³-hybridized carbons (Fsp3) is 0.632. The number of sulfonamides is 2. The minimum absolute atomic E-state index is 0.121. The van der Waals surface area contributed by atoms with Gasteiger partial charge in [-0.15, -0.1) is 0 Å². The van der Waals surface area contributed by atoms with Crippen molar-refractivity contribution < 1.29 is 21.6 Å². The van der Waals surface area contributed by atoms with Crippen molar-refractivity contribution in [2.45, 2.75) is 39.2 Å². The van der Waals surface area contributed by atoms with Crippen LogP contribution in [0.15, 0.2) is 18.2 Å². The van der Waals surface area contributed by atoms with E-state index < -0.39 is 20.0 Å². The molecular formula is C19H29N3O5S2. The van der Waals surface area contributed by atoms with Crippen molar-refractivity contribution in [3.05, 3.63) is 29.3 Å². The van der Waals surface area contributed by atoms with Crippen LogP contribution in [0.5, 0.6) is 0 Å². The molecule has 0 spiro atoms. The van der Waals surface area contributed by atoms with Gasteiger partial charge in [-0.3, -0.25) is 4.79 Å². The van der Waals surface area contributed by atoms with Gasteiger partial charge in [0.1, 0.15) is 0 Å². The third-order valence-corrected chi connectivity index (χ3v) is 8.93. The van der Waals surface area contributed by atoms with Crippen molar-refractivity contribution in [3.63, 3.8) is 0 Å². The number of rotatable bonds is 6. The number of benzene rings is 1. The van der Waals surface area contributed by atoms with E-state index in [9.17, 15) is 21.6 Å². The first-order valence-corrected chi connectivity index (χ1v) is 13.4. The lowest BCUT2D eigenvalue weighted by Crippen LogP contribution is -2.41. The Hall–Kier alpha value is -1.49. The second-order valence-corrected chi connectivity index (χ2v) is 11.9. The number of hydrogen-bond acceptors (Lipinski definition) is 5. The van der Waals surface area contributed by atoms with Gasteiger partial charge in [0.25, 0.3) is 0 Å². The van der Waals surface area contributed by atoms with Gasteiger partial charge < -0.3 is 5.32 Å². The summed E-state index contributed by atoms with van der Waals surface area (Å²) in [6, 6.07) is 5.64. The Labute approximate surface area is 173 Å². The molecule has 2 aliphatic rings. The van der Waals surface area contributed by atoms with E-state index in [4.69, 9.17) is 0 Å². The van der Waals surface area contributed by atoms with Gasteiger partial charge >= 0.3 is 0 Å². The van der Waals surface area contributed by atoms with E-state index in [1.54, 1.807) is 0 Å². The van der Waals surface area contributed by atoms with Crippen molar-refractivity contribution in [1.82, 2.24) is 8.61 Å². The third-order valence-electron chi connectivity index (χ3n) is 5.60. The first-order valence-electron chi connectivity index (χ1n) is 9.96. The van der Waals surface area contributed by atoms with Crippen molar-refractivity contribution >= 4 is 31.6 Å². The maximum absolute atomic E-state index is 12.6. The molecule has 1 N–H and O–H groups in total. The molecule has 10 heteroatoms. The molecule has 1 aromatic carbocycles. The summed E-state index contributed by atoms with van der Waals surface area (Å²) in [5, 5.41) is 2.92. The molecule has 0 atom stereocenters. The number of nitrogens with one attached hydrogen (secondary N) is 1. The predicted molar refractivity (Wildman–Crippen MR) is 112 cm³/mol. The lowest BCUT2D eigenvalue weighted by molar-refractivity contribution is -0.120. The first-order chi connectivity index (χ1) is 13.6. The highest BCUT2D eigenvalue weighted by atomic mass is 32.2. The number of fused-ring (bicyclic) bond motifs is 1. The number of amides is 1. The van der Waals surface area contributed by atoms with E-state index >= 15 is 0 Å². The fourth-order valence-electron chi connectivity index (χ4n) is 3.93. The minimum atomic E-state index is -3.25. The molecule has 1 amide bonds. The molecule has 0 bridgehead atoms. The average Bonchev–Trinajstić information content (AvgIpc) is 2.66. The number of hydrogen-bond donors (Lipinski definition) is 1. The lowest BCUT2D eigenvalue weighted by atomic mass is 9.96. The minimum Gasteiger partial charge on any atom is -0.326 e. The largest absolute Gasteiger partial charge is 0.326 e. The van der Waals surface area contributed by atoms with Gasteiger partial charge in [0.2, 0.25) is 26.0 Å². The normalized spacial score (nSPS) is 19.7. The van der Waals surface area contributed by atoms with Crippen molar-refractivity contribution in [1.29, 1.82) is 0 Å². The Morgan fingerprint density at radius 2 is 1.76 bits per heavy atom. The number of anilines is 1. The summed E-state index contributed by atoms with van der Waals surface area (Å²) in [6.45, 7) is 3.37. The molecule has 8 nitrogen and oxygen atoms in total. The number of nitrogens with zero attached hydrogens (tertiary/aromatic N) is 2. The van der Waals surface area contributed by atoms with Crippen LogP contribution in [0, 0.1) is 5.92 Å². The predicted octanol–water partition coefficient (Wildman–Crippen LogP) is 1.39. The van der Waals surface area contributed by atoms with Crippen LogP contribution in [0.25, 0.3) is 0 Å². The molecule has 0 saturated carbocycles. The van der Waals surface area contributed by atoms with E-state index in [1.807, 2.05) is 25.1 Å². The van der Waals surface area contributed by atoms with E-state index in [1.165, 1.54) is 14.9 Å². The molecule has 0 unspecified atom stereocenters. The maximum Gasteiger partial charge on any atom is 0.227 e. The molecule has 1 aromatic rings. The van der Waals surface area contributed by atoms with Crippen molar-refractivity contribution in [3.8, 4) is 0 Å². The summed E-state index contributed by atoms with van der Waals surface area (Å²) >= 11 is 0. The van der Waals surface area contributed by atoms with Crippen LogP contribution >= 0.6 is 0 Å². The van der Waals surface area contributed by atoms with Crippen LogP contribution in [-0.2, 0) is 37.8 Å². The molecule has 2 aliphatic heterocycles. The maximum atomic E-state index is 12.6. The molecule has 1 saturated heterocycles. The molecule has 1 fully saturated rings. The molecule has 0 aliphatic carbocycles. The van der Waals surface area contributed by atoms with Crippen LogP contribution in [0.1, 0.15) is 37.3 Å². The molecular weight excluding hydrogens is 414 g/mol. The van der Waals surface area contributed by atoms with Gasteiger partial charge in [0, 0.05) is 37.8 Å². The summed E-state index contributed by atoms with van der Waals surface area (Å²) < 4.78 is 50.9. The second-order valence-electron chi connectivity index (χ2n) is 7.81. The Kier molecular flexibility index (Phi) is 6.67. The van der Waals surface area contributed by atoms with Crippen molar-refractivity contribution in [2.75, 3.05) is 37.0 Å². The molecule has 0 radical (unpaired) electrons. The average molecular weight is 444 g/mol. The Bertz CT molecular complexity index is 968. The van der Waals surface area contributed by atoms with Crippen LogP contribution in [0.3, 0.4) is 0 Å². The van der Waals surface area contributed by atoms with E-state index in [0.717, 1.165) is 11.1 Å². The summed E-state index contributed by atoms with van der Waals surface area (Å²) in [5.74, 6) is -0.208. The summed E-state index contributed by atoms with van der Waals surface area (Å²) in [4.78, 5) is 12.6. The quantitative estimate of drug-likeness (QED) is 0.716. The standard InChI is InChI=1S/C19H29N3O5S2/c1-3-12-29(26,27)22-11-6-15-4-5-18(13-17(15)14-22)20-19(23)16-7-9-21(10-8-16)28(2,24)25/h4-5,13,16H,3,6-12,14H2,1-2H3,(H,20,23). The van der Waals surface area contributed by atoms with Gasteiger partial charge in [-0.2, -0.15) is 4.31 Å². The molecule has 162 valence electrons. The number of piperidine rings is 1. The zero-order valence-electron chi connectivity index (χ0n) is 16.9. The lowest BCUT2D eigenvalue weighted by Gasteiger charge is -2.30. The molecule has 29 heavy (non-hydrogen) atoms. The summed E-state index contributed by atoms with van der Waals surface area (Å²) in [5.41, 5.74) is 2.67. The monoisotopic (exact) mass is 443 g/mol. The highest BCUT2D eigenvalue weighted by Crippen LogP contribution is 2.26. The van der Waals surface area contributed by atoms with Crippen LogP contribution in [0.4, 0.5) is 5.69 Å². The van der Waals surface area contributed by atoms with Crippen LogP contribution in [0.2, 0.25) is 0 Å². The highest BCUT2D eigenvalue weighted by molar-refractivity contribution is 7.89. The Morgan fingerprint density at radius 3 is 2.38 bits per heavy atom. The smallest absolute Gasteiger partial charge is 0.227 e. The molecule has 0 aromatic heterocycles. The molecule has 3 rings (SSSR count). The number of carbonyl (C=O) groups is 1. The van der Waals surface area contributed by atoms with Crippen LogP contribution < -0.4 is 5.32 Å². The SMILES string of the molecule is CCCS(=O)(=O)N1CCc2ccc(NC(=O)C3CCN(S(C)(=O)=O)CC3)cc2C1. The number of carbonyl (C=O) groups excluding carboxylic acids is 1. The second kappa shape index (κ2) is 8.71.